The molecule has 6 nitrogen and oxygen atoms in total. The van der Waals surface area contributed by atoms with Crippen LogP contribution >= 0.6 is 0 Å². The van der Waals surface area contributed by atoms with Gasteiger partial charge >= 0.3 is 0 Å². The summed E-state index contributed by atoms with van der Waals surface area (Å²) < 4.78 is 5.46. The summed E-state index contributed by atoms with van der Waals surface area (Å²) in [5.74, 6) is 1.56. The highest BCUT2D eigenvalue weighted by molar-refractivity contribution is 5.80. The molecule has 0 radical (unpaired) electrons. The fourth-order valence-electron chi connectivity index (χ4n) is 3.56. The average molecular weight is 390 g/mol. The summed E-state index contributed by atoms with van der Waals surface area (Å²) in [6.07, 6.45) is 1.08. The molecule has 6 heteroatoms. The molecule has 1 fully saturated rings. The van der Waals surface area contributed by atoms with E-state index >= 15 is 0 Å². The third-order valence-corrected chi connectivity index (χ3v) is 5.21. The zero-order valence-electron chi connectivity index (χ0n) is 16.9. The summed E-state index contributed by atoms with van der Waals surface area (Å²) in [4.78, 5) is 6.77. The molecule has 1 aliphatic heterocycles. The molecule has 0 saturated carbocycles. The number of nitrogens with one attached hydrogen (secondary N) is 2. The molecule has 1 aliphatic rings. The van der Waals surface area contributed by atoms with E-state index in [4.69, 9.17) is 4.52 Å². The van der Waals surface area contributed by atoms with Crippen LogP contribution in [0, 0.1) is 6.92 Å². The van der Waals surface area contributed by atoms with Crippen molar-refractivity contribution in [3.05, 3.63) is 71.9 Å². The zero-order chi connectivity index (χ0) is 20.1. The van der Waals surface area contributed by atoms with Gasteiger partial charge in [-0.1, -0.05) is 53.2 Å². The standard InChI is InChI=1S/C23H27N5O/c1-17-8-10-21(11-9-17)28-13-12-19(16-28)26-23(24-2)25-15-20-14-22(29-27-20)18-6-4-3-5-7-18/h3-11,14,19H,12-13,15-16H2,1-2H3,(H2,24,25,26). The number of rotatable bonds is 5. The number of benzene rings is 2. The van der Waals surface area contributed by atoms with Crippen LogP contribution in [0.3, 0.4) is 0 Å². The van der Waals surface area contributed by atoms with Crippen molar-refractivity contribution in [2.45, 2.75) is 25.9 Å². The molecule has 0 bridgehead atoms. The van der Waals surface area contributed by atoms with Crippen molar-refractivity contribution in [2.24, 2.45) is 4.99 Å². The Bertz CT molecular complexity index is 949. The molecule has 1 unspecified atom stereocenters. The summed E-state index contributed by atoms with van der Waals surface area (Å²) >= 11 is 0. The van der Waals surface area contributed by atoms with Crippen LogP contribution in [0.1, 0.15) is 17.7 Å². The number of guanidine groups is 1. The maximum Gasteiger partial charge on any atom is 0.191 e. The Morgan fingerprint density at radius 3 is 2.72 bits per heavy atom. The van der Waals surface area contributed by atoms with Crippen LogP contribution in [-0.2, 0) is 6.54 Å². The van der Waals surface area contributed by atoms with Crippen molar-refractivity contribution in [2.75, 3.05) is 25.0 Å². The fourth-order valence-corrected chi connectivity index (χ4v) is 3.56. The summed E-state index contributed by atoms with van der Waals surface area (Å²) in [6, 6.07) is 21.0. The summed E-state index contributed by atoms with van der Waals surface area (Å²) in [6.45, 7) is 4.68. The van der Waals surface area contributed by atoms with Crippen molar-refractivity contribution >= 4 is 11.6 Å². The molecule has 1 aromatic heterocycles. The minimum Gasteiger partial charge on any atom is -0.369 e. The first-order valence-electron chi connectivity index (χ1n) is 10.0. The first-order chi connectivity index (χ1) is 14.2. The molecule has 0 aliphatic carbocycles. The highest BCUT2D eigenvalue weighted by Gasteiger charge is 2.23. The number of hydrogen-bond acceptors (Lipinski definition) is 4. The minimum atomic E-state index is 0.361. The normalized spacial score (nSPS) is 16.8. The predicted octanol–water partition coefficient (Wildman–Crippen LogP) is 3.59. The molecular weight excluding hydrogens is 362 g/mol. The molecule has 2 heterocycles. The van der Waals surface area contributed by atoms with Gasteiger partial charge in [0.05, 0.1) is 6.54 Å². The Labute approximate surface area is 171 Å². The maximum atomic E-state index is 5.46. The smallest absolute Gasteiger partial charge is 0.191 e. The zero-order valence-corrected chi connectivity index (χ0v) is 16.9. The monoisotopic (exact) mass is 389 g/mol. The van der Waals surface area contributed by atoms with Gasteiger partial charge in [0.15, 0.2) is 11.7 Å². The van der Waals surface area contributed by atoms with E-state index in [1.54, 1.807) is 7.05 Å². The van der Waals surface area contributed by atoms with Gasteiger partial charge < -0.3 is 20.1 Å². The van der Waals surface area contributed by atoms with Gasteiger partial charge in [0.1, 0.15) is 5.69 Å². The van der Waals surface area contributed by atoms with Crippen molar-refractivity contribution < 1.29 is 4.52 Å². The molecule has 3 aromatic rings. The van der Waals surface area contributed by atoms with Crippen molar-refractivity contribution in [1.82, 2.24) is 15.8 Å². The molecule has 0 spiro atoms. The summed E-state index contributed by atoms with van der Waals surface area (Å²) in [7, 11) is 1.79. The van der Waals surface area contributed by atoms with E-state index in [0.29, 0.717) is 12.6 Å². The predicted molar refractivity (Wildman–Crippen MR) is 117 cm³/mol. The van der Waals surface area contributed by atoms with Crippen LogP contribution < -0.4 is 15.5 Å². The van der Waals surface area contributed by atoms with Gasteiger partial charge in [-0.15, -0.1) is 0 Å². The van der Waals surface area contributed by atoms with E-state index in [0.717, 1.165) is 42.5 Å². The lowest BCUT2D eigenvalue weighted by atomic mass is 10.2. The van der Waals surface area contributed by atoms with Gasteiger partial charge in [0.2, 0.25) is 0 Å². The third-order valence-electron chi connectivity index (χ3n) is 5.21. The van der Waals surface area contributed by atoms with Crippen LogP contribution in [0.5, 0.6) is 0 Å². The van der Waals surface area contributed by atoms with Crippen LogP contribution in [0.25, 0.3) is 11.3 Å². The van der Waals surface area contributed by atoms with Gasteiger partial charge in [0, 0.05) is 43.5 Å². The molecule has 1 atom stereocenters. The number of aryl methyl sites for hydroxylation is 1. The Hall–Kier alpha value is -3.28. The number of aliphatic imine (C=N–C) groups is 1. The van der Waals surface area contributed by atoms with Crippen molar-refractivity contribution in [3.8, 4) is 11.3 Å². The van der Waals surface area contributed by atoms with Gasteiger partial charge in [0.25, 0.3) is 0 Å². The topological polar surface area (TPSA) is 65.7 Å². The van der Waals surface area contributed by atoms with Gasteiger partial charge in [-0.25, -0.2) is 0 Å². The van der Waals surface area contributed by atoms with E-state index in [1.807, 2.05) is 36.4 Å². The van der Waals surface area contributed by atoms with Gasteiger partial charge in [-0.2, -0.15) is 0 Å². The van der Waals surface area contributed by atoms with E-state index < -0.39 is 0 Å². The van der Waals surface area contributed by atoms with E-state index in [-0.39, 0.29) is 0 Å². The number of aromatic nitrogens is 1. The first-order valence-corrected chi connectivity index (χ1v) is 10.0. The lowest BCUT2D eigenvalue weighted by Gasteiger charge is -2.20. The second kappa shape index (κ2) is 8.82. The number of anilines is 1. The molecule has 150 valence electrons. The molecule has 4 rings (SSSR count). The van der Waals surface area contributed by atoms with Crippen LogP contribution in [0.4, 0.5) is 5.69 Å². The highest BCUT2D eigenvalue weighted by atomic mass is 16.5. The van der Waals surface area contributed by atoms with Crippen LogP contribution in [0.15, 0.2) is 70.2 Å². The van der Waals surface area contributed by atoms with Gasteiger partial charge in [-0.3, -0.25) is 4.99 Å². The second-order valence-corrected chi connectivity index (χ2v) is 7.39. The van der Waals surface area contributed by atoms with E-state index in [1.165, 1.54) is 11.3 Å². The molecule has 1 saturated heterocycles. The molecule has 29 heavy (non-hydrogen) atoms. The summed E-state index contributed by atoms with van der Waals surface area (Å²) in [5.41, 5.74) is 4.44. The average Bonchev–Trinajstić information content (AvgIpc) is 3.42. The fraction of sp³-hybridized carbons (Fsp3) is 0.304. The first kappa shape index (κ1) is 19.1. The molecule has 0 amide bonds. The van der Waals surface area contributed by atoms with E-state index in [9.17, 15) is 0 Å². The largest absolute Gasteiger partial charge is 0.369 e. The minimum absolute atomic E-state index is 0.361. The third kappa shape index (κ3) is 4.77. The maximum absolute atomic E-state index is 5.46. The number of nitrogens with zero attached hydrogens (tertiary/aromatic N) is 3. The Kier molecular flexibility index (Phi) is 5.79. The molecule has 2 aromatic carbocycles. The quantitative estimate of drug-likeness (QED) is 0.516. The number of hydrogen-bond donors (Lipinski definition) is 2. The lowest BCUT2D eigenvalue weighted by molar-refractivity contribution is 0.422. The Morgan fingerprint density at radius 1 is 1.17 bits per heavy atom. The second-order valence-electron chi connectivity index (χ2n) is 7.39. The highest BCUT2D eigenvalue weighted by Crippen LogP contribution is 2.21. The SMILES string of the molecule is CN=C(NCc1cc(-c2ccccc2)on1)NC1CCN(c2ccc(C)cc2)C1. The van der Waals surface area contributed by atoms with Crippen LogP contribution in [-0.4, -0.2) is 37.3 Å². The van der Waals surface area contributed by atoms with Crippen molar-refractivity contribution in [1.29, 1.82) is 0 Å². The van der Waals surface area contributed by atoms with Crippen molar-refractivity contribution in [3.63, 3.8) is 0 Å². The summed E-state index contributed by atoms with van der Waals surface area (Å²) in [5, 5.41) is 11.0. The Balaban J connectivity index is 1.29. The Morgan fingerprint density at radius 2 is 1.97 bits per heavy atom. The molecule has 2 N–H and O–H groups in total. The molecular formula is C23H27N5O. The van der Waals surface area contributed by atoms with E-state index in [2.05, 4.69) is 56.9 Å². The van der Waals surface area contributed by atoms with Crippen LogP contribution in [0.2, 0.25) is 0 Å². The van der Waals surface area contributed by atoms with Gasteiger partial charge in [-0.05, 0) is 25.5 Å². The lowest BCUT2D eigenvalue weighted by Crippen LogP contribution is -2.44.